The second kappa shape index (κ2) is 5.17. The van der Waals surface area contributed by atoms with Crippen molar-refractivity contribution in [2.75, 3.05) is 37.6 Å². The van der Waals surface area contributed by atoms with Gasteiger partial charge >= 0.3 is 0 Å². The molecule has 2 heterocycles. The molecule has 1 aromatic carbocycles. The molecule has 1 amide bonds. The Hall–Kier alpha value is -2.01. The zero-order chi connectivity index (χ0) is 14.1. The summed E-state index contributed by atoms with van der Waals surface area (Å²) in [5.74, 6) is -0.313. The van der Waals surface area contributed by atoms with Crippen molar-refractivity contribution in [1.29, 1.82) is 0 Å². The number of hydrogen-bond acceptors (Lipinski definition) is 4. The molecule has 5 nitrogen and oxygen atoms in total. The maximum absolute atomic E-state index is 11.1. The van der Waals surface area contributed by atoms with E-state index in [1.54, 1.807) is 6.07 Å². The van der Waals surface area contributed by atoms with Crippen LogP contribution in [0.25, 0.3) is 11.0 Å². The summed E-state index contributed by atoms with van der Waals surface area (Å²) >= 11 is 0. The number of piperazine rings is 1. The molecular weight excluding hydrogens is 254 g/mol. The predicted molar refractivity (Wildman–Crippen MR) is 79.1 cm³/mol. The van der Waals surface area contributed by atoms with E-state index in [9.17, 15) is 4.79 Å². The average molecular weight is 273 g/mol. The highest BCUT2D eigenvalue weighted by molar-refractivity contribution is 5.95. The lowest BCUT2D eigenvalue weighted by molar-refractivity contribution is 0.0976. The molecule has 0 unspecified atom stereocenters. The number of nitrogens with two attached hydrogens (primary N) is 1. The quantitative estimate of drug-likeness (QED) is 0.924. The lowest BCUT2D eigenvalue weighted by atomic mass is 10.2. The molecule has 0 radical (unpaired) electrons. The van der Waals surface area contributed by atoms with E-state index in [1.165, 1.54) is 5.69 Å². The first-order valence-corrected chi connectivity index (χ1v) is 6.98. The smallest absolute Gasteiger partial charge is 0.284 e. The van der Waals surface area contributed by atoms with E-state index in [0.717, 1.165) is 38.1 Å². The molecule has 0 spiro atoms. The molecular formula is C15H19N3O2. The van der Waals surface area contributed by atoms with E-state index in [1.807, 2.05) is 12.1 Å². The fourth-order valence-corrected chi connectivity index (χ4v) is 2.67. The number of carbonyl (C=O) groups excluding carboxylic acids is 1. The maximum atomic E-state index is 11.1. The van der Waals surface area contributed by atoms with Gasteiger partial charge in [0.25, 0.3) is 5.91 Å². The van der Waals surface area contributed by atoms with Crippen LogP contribution >= 0.6 is 0 Å². The highest BCUT2D eigenvalue weighted by atomic mass is 16.3. The molecule has 5 heteroatoms. The Morgan fingerprint density at radius 3 is 2.65 bits per heavy atom. The summed E-state index contributed by atoms with van der Waals surface area (Å²) in [7, 11) is 0. The van der Waals surface area contributed by atoms with Crippen LogP contribution in [0.2, 0.25) is 0 Å². The number of likely N-dealkylation sites (N-methyl/N-ethyl adjacent to an activating group) is 1. The fraction of sp³-hybridized carbons (Fsp3) is 0.400. The molecule has 20 heavy (non-hydrogen) atoms. The molecule has 106 valence electrons. The fourth-order valence-electron chi connectivity index (χ4n) is 2.67. The summed E-state index contributed by atoms with van der Waals surface area (Å²) in [5, 5.41) is 0.925. The lowest BCUT2D eigenvalue weighted by Crippen LogP contribution is -2.46. The van der Waals surface area contributed by atoms with Gasteiger partial charge in [0.1, 0.15) is 5.58 Å². The minimum absolute atomic E-state index is 0.216. The standard InChI is InChI=1S/C15H19N3O2/c1-2-17-5-7-18(8-6-17)12-3-4-13-11(9-12)10-14(20-13)15(16)19/h3-4,9-10H,2,5-8H2,1H3,(H2,16,19). The van der Waals surface area contributed by atoms with E-state index < -0.39 is 5.91 Å². The van der Waals surface area contributed by atoms with Crippen molar-refractivity contribution in [3.05, 3.63) is 30.0 Å². The zero-order valence-electron chi connectivity index (χ0n) is 11.6. The molecule has 0 aliphatic carbocycles. The number of fused-ring (bicyclic) bond motifs is 1. The topological polar surface area (TPSA) is 62.7 Å². The number of furan rings is 1. The molecule has 0 saturated carbocycles. The summed E-state index contributed by atoms with van der Waals surface area (Å²) in [6.07, 6.45) is 0. The van der Waals surface area contributed by atoms with Crippen LogP contribution in [0.5, 0.6) is 0 Å². The number of primary amides is 1. The minimum Gasteiger partial charge on any atom is -0.451 e. The Morgan fingerprint density at radius 2 is 2.00 bits per heavy atom. The number of hydrogen-bond donors (Lipinski definition) is 1. The Labute approximate surface area is 117 Å². The van der Waals surface area contributed by atoms with Crippen LogP contribution in [-0.4, -0.2) is 43.5 Å². The van der Waals surface area contributed by atoms with Crippen LogP contribution in [0.4, 0.5) is 5.69 Å². The first kappa shape index (κ1) is 13.0. The Bertz CT molecular complexity index is 627. The molecule has 1 fully saturated rings. The molecule has 1 aliphatic heterocycles. The van der Waals surface area contributed by atoms with Crippen LogP contribution in [0.15, 0.2) is 28.7 Å². The Morgan fingerprint density at radius 1 is 1.25 bits per heavy atom. The third-order valence-electron chi connectivity index (χ3n) is 3.93. The van der Waals surface area contributed by atoms with Crippen LogP contribution in [0, 0.1) is 0 Å². The second-order valence-corrected chi connectivity index (χ2v) is 5.12. The number of rotatable bonds is 3. The van der Waals surface area contributed by atoms with Crippen molar-refractivity contribution < 1.29 is 9.21 Å². The van der Waals surface area contributed by atoms with Crippen LogP contribution < -0.4 is 10.6 Å². The zero-order valence-corrected chi connectivity index (χ0v) is 11.6. The Balaban J connectivity index is 1.84. The first-order valence-electron chi connectivity index (χ1n) is 6.98. The molecule has 2 aromatic rings. The van der Waals surface area contributed by atoms with Gasteiger partial charge < -0.3 is 20.0 Å². The molecule has 1 aliphatic rings. The van der Waals surface area contributed by atoms with E-state index >= 15 is 0 Å². The van der Waals surface area contributed by atoms with Crippen molar-refractivity contribution in [1.82, 2.24) is 4.90 Å². The first-order chi connectivity index (χ1) is 9.67. The molecule has 3 rings (SSSR count). The van der Waals surface area contributed by atoms with Gasteiger partial charge in [-0.1, -0.05) is 6.92 Å². The number of nitrogens with zero attached hydrogens (tertiary/aromatic N) is 2. The molecule has 0 bridgehead atoms. The largest absolute Gasteiger partial charge is 0.451 e. The van der Waals surface area contributed by atoms with Gasteiger partial charge in [0.2, 0.25) is 0 Å². The molecule has 1 aromatic heterocycles. The van der Waals surface area contributed by atoms with Crippen LogP contribution in [0.1, 0.15) is 17.5 Å². The van der Waals surface area contributed by atoms with E-state index in [2.05, 4.69) is 22.8 Å². The molecule has 0 atom stereocenters. The van der Waals surface area contributed by atoms with Gasteiger partial charge in [-0.05, 0) is 30.8 Å². The summed E-state index contributed by atoms with van der Waals surface area (Å²) in [4.78, 5) is 15.9. The van der Waals surface area contributed by atoms with Crippen molar-refractivity contribution in [3.63, 3.8) is 0 Å². The molecule has 1 saturated heterocycles. The predicted octanol–water partition coefficient (Wildman–Crippen LogP) is 1.67. The summed E-state index contributed by atoms with van der Waals surface area (Å²) in [6.45, 7) is 7.54. The van der Waals surface area contributed by atoms with E-state index in [4.69, 9.17) is 10.2 Å². The van der Waals surface area contributed by atoms with Gasteiger partial charge in [-0.15, -0.1) is 0 Å². The molecule has 2 N–H and O–H groups in total. The summed E-state index contributed by atoms with van der Waals surface area (Å²) < 4.78 is 5.40. The van der Waals surface area contributed by atoms with E-state index in [-0.39, 0.29) is 5.76 Å². The van der Waals surface area contributed by atoms with Crippen molar-refractivity contribution in [2.45, 2.75) is 6.92 Å². The lowest BCUT2D eigenvalue weighted by Gasteiger charge is -2.35. The van der Waals surface area contributed by atoms with Crippen molar-refractivity contribution in [3.8, 4) is 0 Å². The number of benzene rings is 1. The third kappa shape index (κ3) is 2.36. The van der Waals surface area contributed by atoms with E-state index in [0.29, 0.717) is 5.58 Å². The van der Waals surface area contributed by atoms with Crippen LogP contribution in [-0.2, 0) is 0 Å². The van der Waals surface area contributed by atoms with Gasteiger partial charge in [-0.2, -0.15) is 0 Å². The maximum Gasteiger partial charge on any atom is 0.284 e. The summed E-state index contributed by atoms with van der Waals surface area (Å²) in [5.41, 5.74) is 7.12. The van der Waals surface area contributed by atoms with Gasteiger partial charge in [0, 0.05) is 37.3 Å². The number of carbonyl (C=O) groups is 1. The monoisotopic (exact) mass is 273 g/mol. The van der Waals surface area contributed by atoms with Crippen LogP contribution in [0.3, 0.4) is 0 Å². The third-order valence-corrected chi connectivity index (χ3v) is 3.93. The van der Waals surface area contributed by atoms with Gasteiger partial charge in [-0.3, -0.25) is 4.79 Å². The van der Waals surface area contributed by atoms with Crippen molar-refractivity contribution in [2.24, 2.45) is 5.73 Å². The van der Waals surface area contributed by atoms with Gasteiger partial charge in [-0.25, -0.2) is 0 Å². The summed E-state index contributed by atoms with van der Waals surface area (Å²) in [6, 6.07) is 7.72. The number of anilines is 1. The normalized spacial score (nSPS) is 16.8. The van der Waals surface area contributed by atoms with Crippen molar-refractivity contribution >= 4 is 22.6 Å². The van der Waals surface area contributed by atoms with Gasteiger partial charge in [0.15, 0.2) is 5.76 Å². The minimum atomic E-state index is -0.528. The highest BCUT2D eigenvalue weighted by Gasteiger charge is 2.17. The average Bonchev–Trinajstić information content (AvgIpc) is 2.90. The number of amides is 1. The SMILES string of the molecule is CCN1CCN(c2ccc3oc(C(N)=O)cc3c2)CC1. The Kier molecular flexibility index (Phi) is 3.36. The highest BCUT2D eigenvalue weighted by Crippen LogP contribution is 2.25. The van der Waals surface area contributed by atoms with Gasteiger partial charge in [0.05, 0.1) is 0 Å². The second-order valence-electron chi connectivity index (χ2n) is 5.12.